The van der Waals surface area contributed by atoms with Crippen molar-refractivity contribution in [1.29, 1.82) is 0 Å². The fraction of sp³-hybridized carbons (Fsp3) is 1.00. The van der Waals surface area contributed by atoms with E-state index in [1.165, 1.54) is 12.0 Å². The van der Waals surface area contributed by atoms with Gasteiger partial charge in [-0.05, 0) is 6.42 Å². The van der Waals surface area contributed by atoms with Crippen LogP contribution < -0.4 is 0 Å². The molecule has 0 aromatic rings. The second-order valence-corrected chi connectivity index (χ2v) is 4.48. The fourth-order valence-electron chi connectivity index (χ4n) is 0.835. The highest BCUT2D eigenvalue weighted by molar-refractivity contribution is 8.07. The molecule has 0 aliphatic carbocycles. The molecule has 0 amide bonds. The molecule has 0 aromatic heterocycles. The molecule has 3 atom stereocenters. The van der Waals surface area contributed by atoms with Crippen molar-refractivity contribution in [3.63, 3.8) is 0 Å². The number of thiol groups is 1. The predicted molar refractivity (Wildman–Crippen MR) is 50.6 cm³/mol. The predicted octanol–water partition coefficient (Wildman–Crippen LogP) is 2.31. The van der Waals surface area contributed by atoms with E-state index in [0.717, 1.165) is 13.0 Å². The van der Waals surface area contributed by atoms with Crippen molar-refractivity contribution >= 4 is 24.7 Å². The van der Waals surface area contributed by atoms with Crippen molar-refractivity contribution in [2.24, 2.45) is 5.92 Å². The summed E-state index contributed by atoms with van der Waals surface area (Å²) in [4.78, 5) is 0. The Kier molecular flexibility index (Phi) is 4.06. The lowest BCUT2D eigenvalue weighted by Gasteiger charge is -2.14. The molecule has 2 nitrogen and oxygen atoms in total. The Labute approximate surface area is 77.6 Å². The first-order chi connectivity index (χ1) is 5.25. The zero-order valence-electron chi connectivity index (χ0n) is 6.82. The lowest BCUT2D eigenvalue weighted by Crippen LogP contribution is -2.21. The highest BCUT2D eigenvalue weighted by Gasteiger charge is 2.33. The van der Waals surface area contributed by atoms with Crippen LogP contribution in [-0.4, -0.2) is 17.5 Å². The maximum atomic E-state index is 5.44. The SMILES string of the molecule is CCCOC1OSC(S)C1C. The normalized spacial score (nSPS) is 37.9. The molecule has 0 radical (unpaired) electrons. The van der Waals surface area contributed by atoms with Crippen LogP contribution in [0, 0.1) is 5.92 Å². The van der Waals surface area contributed by atoms with E-state index < -0.39 is 0 Å². The second-order valence-electron chi connectivity index (χ2n) is 2.68. The summed E-state index contributed by atoms with van der Waals surface area (Å²) in [6, 6.07) is 0. The summed E-state index contributed by atoms with van der Waals surface area (Å²) < 4.78 is 11.0. The van der Waals surface area contributed by atoms with Crippen LogP contribution in [-0.2, 0) is 8.92 Å². The van der Waals surface area contributed by atoms with Gasteiger partial charge in [-0.3, -0.25) is 4.18 Å². The highest BCUT2D eigenvalue weighted by atomic mass is 32.2. The van der Waals surface area contributed by atoms with Gasteiger partial charge in [0.1, 0.15) is 0 Å². The Morgan fingerprint density at radius 2 is 2.36 bits per heavy atom. The van der Waals surface area contributed by atoms with Crippen molar-refractivity contribution in [3.05, 3.63) is 0 Å². The summed E-state index contributed by atoms with van der Waals surface area (Å²) in [5, 5.41) is 0. The largest absolute Gasteiger partial charge is 0.351 e. The van der Waals surface area contributed by atoms with Crippen LogP contribution in [0.5, 0.6) is 0 Å². The Hall–Kier alpha value is 0.620. The Balaban J connectivity index is 2.24. The molecule has 1 aliphatic heterocycles. The minimum Gasteiger partial charge on any atom is -0.351 e. The highest BCUT2D eigenvalue weighted by Crippen LogP contribution is 2.37. The first-order valence-corrected chi connectivity index (χ1v) is 5.19. The van der Waals surface area contributed by atoms with Crippen molar-refractivity contribution in [3.8, 4) is 0 Å². The maximum absolute atomic E-state index is 5.44. The van der Waals surface area contributed by atoms with Crippen LogP contribution in [0.3, 0.4) is 0 Å². The van der Waals surface area contributed by atoms with E-state index in [1.54, 1.807) is 0 Å². The fourth-order valence-corrected chi connectivity index (χ4v) is 1.88. The van der Waals surface area contributed by atoms with Gasteiger partial charge in [-0.15, -0.1) is 0 Å². The van der Waals surface area contributed by atoms with Gasteiger partial charge in [-0.25, -0.2) is 0 Å². The summed E-state index contributed by atoms with van der Waals surface area (Å²) in [5.41, 5.74) is 0. The van der Waals surface area contributed by atoms with E-state index in [0.29, 0.717) is 5.92 Å². The topological polar surface area (TPSA) is 18.5 Å². The average Bonchev–Trinajstić information content (AvgIpc) is 2.31. The van der Waals surface area contributed by atoms with Gasteiger partial charge in [0.25, 0.3) is 0 Å². The van der Waals surface area contributed by atoms with E-state index in [4.69, 9.17) is 8.92 Å². The van der Waals surface area contributed by atoms with Crippen LogP contribution in [0.2, 0.25) is 0 Å². The molecule has 11 heavy (non-hydrogen) atoms. The molecule has 0 aromatic carbocycles. The molecule has 66 valence electrons. The summed E-state index contributed by atoms with van der Waals surface area (Å²) in [7, 11) is 0. The molecule has 1 saturated heterocycles. The van der Waals surface area contributed by atoms with E-state index >= 15 is 0 Å². The standard InChI is InChI=1S/C7H14O2S2/c1-3-4-8-6-5(2)7(10)11-9-6/h5-7,10H,3-4H2,1-2H3. The Bertz CT molecular complexity index is 121. The molecule has 1 rings (SSSR count). The van der Waals surface area contributed by atoms with Crippen molar-refractivity contribution in [1.82, 2.24) is 0 Å². The molecule has 0 spiro atoms. The van der Waals surface area contributed by atoms with Crippen molar-refractivity contribution in [2.45, 2.75) is 31.1 Å². The van der Waals surface area contributed by atoms with Crippen molar-refractivity contribution < 1.29 is 8.92 Å². The monoisotopic (exact) mass is 194 g/mol. The maximum Gasteiger partial charge on any atom is 0.175 e. The number of ether oxygens (including phenoxy) is 1. The smallest absolute Gasteiger partial charge is 0.175 e. The first-order valence-electron chi connectivity index (χ1n) is 3.87. The molecule has 1 fully saturated rings. The molecule has 3 unspecified atom stereocenters. The van der Waals surface area contributed by atoms with Gasteiger partial charge in [-0.2, -0.15) is 12.6 Å². The van der Waals surface area contributed by atoms with Gasteiger partial charge in [0.15, 0.2) is 6.29 Å². The van der Waals surface area contributed by atoms with Gasteiger partial charge in [0.2, 0.25) is 0 Å². The third-order valence-electron chi connectivity index (χ3n) is 1.61. The van der Waals surface area contributed by atoms with Gasteiger partial charge in [-0.1, -0.05) is 13.8 Å². The zero-order chi connectivity index (χ0) is 8.27. The van der Waals surface area contributed by atoms with E-state index in [2.05, 4.69) is 26.5 Å². The third-order valence-corrected chi connectivity index (χ3v) is 3.27. The first kappa shape index (κ1) is 9.71. The minimum atomic E-state index is -0.0533. The molecule has 0 bridgehead atoms. The van der Waals surface area contributed by atoms with Crippen LogP contribution in [0.15, 0.2) is 0 Å². The van der Waals surface area contributed by atoms with Gasteiger partial charge in [0, 0.05) is 24.6 Å². The quantitative estimate of drug-likeness (QED) is 0.549. The molecular formula is C7H14O2S2. The van der Waals surface area contributed by atoms with E-state index in [-0.39, 0.29) is 10.9 Å². The van der Waals surface area contributed by atoms with Gasteiger partial charge < -0.3 is 4.74 Å². The Morgan fingerprint density at radius 3 is 2.82 bits per heavy atom. The van der Waals surface area contributed by atoms with Crippen LogP contribution >= 0.6 is 24.7 Å². The zero-order valence-corrected chi connectivity index (χ0v) is 8.53. The van der Waals surface area contributed by atoms with Gasteiger partial charge >= 0.3 is 0 Å². The number of hydrogen-bond donors (Lipinski definition) is 1. The Morgan fingerprint density at radius 1 is 1.64 bits per heavy atom. The summed E-state index contributed by atoms with van der Waals surface area (Å²) in [5.74, 6) is 0.384. The van der Waals surface area contributed by atoms with Crippen LogP contribution in [0.25, 0.3) is 0 Å². The summed E-state index contributed by atoms with van der Waals surface area (Å²) >= 11 is 5.73. The average molecular weight is 194 g/mol. The van der Waals surface area contributed by atoms with Crippen molar-refractivity contribution in [2.75, 3.05) is 6.61 Å². The molecule has 0 N–H and O–H groups in total. The number of hydrogen-bond acceptors (Lipinski definition) is 4. The third kappa shape index (κ3) is 2.54. The summed E-state index contributed by atoms with van der Waals surface area (Å²) in [6.07, 6.45) is 0.983. The molecule has 1 heterocycles. The lowest BCUT2D eigenvalue weighted by atomic mass is 10.2. The summed E-state index contributed by atoms with van der Waals surface area (Å²) in [6.45, 7) is 4.96. The molecular weight excluding hydrogens is 180 g/mol. The minimum absolute atomic E-state index is 0.0533. The molecule has 0 saturated carbocycles. The lowest BCUT2D eigenvalue weighted by molar-refractivity contribution is -0.0850. The molecule has 4 heteroatoms. The number of rotatable bonds is 3. The van der Waals surface area contributed by atoms with Gasteiger partial charge in [0.05, 0.1) is 4.58 Å². The van der Waals surface area contributed by atoms with E-state index in [9.17, 15) is 0 Å². The van der Waals surface area contributed by atoms with E-state index in [1.807, 2.05) is 0 Å². The van der Waals surface area contributed by atoms with Crippen LogP contribution in [0.4, 0.5) is 0 Å². The molecule has 1 aliphatic rings. The van der Waals surface area contributed by atoms with Crippen LogP contribution in [0.1, 0.15) is 20.3 Å². The second kappa shape index (κ2) is 4.60.